The minimum Gasteiger partial charge on any atom is -0.464 e. The number of esters is 1. The third kappa shape index (κ3) is 28.5. The molecule has 590 valence electrons. The largest absolute Gasteiger partial charge is 0.464 e. The lowest BCUT2D eigenvalue weighted by molar-refractivity contribution is -0.157. The number of carbonyl (C=O) groups excluding carboxylic acids is 13. The molecular weight excluding hydrogens is 1330 g/mol. The van der Waals surface area contributed by atoms with Crippen LogP contribution >= 0.6 is 0 Å². The van der Waals surface area contributed by atoms with Crippen LogP contribution in [0.5, 0.6) is 0 Å². The van der Waals surface area contributed by atoms with E-state index in [1.54, 1.807) is 95.2 Å². The molecule has 0 spiro atoms. The number of nitrogens with zero attached hydrogens (tertiary/aromatic N) is 7. The molecular formula is C74H132N12O17. The quantitative estimate of drug-likeness (QED) is 0.0466. The van der Waals surface area contributed by atoms with Crippen LogP contribution < -0.4 is 26.6 Å². The van der Waals surface area contributed by atoms with E-state index in [9.17, 15) is 43.5 Å². The molecule has 0 bridgehead atoms. The first-order valence-corrected chi connectivity index (χ1v) is 36.7. The molecule has 6 N–H and O–H groups in total. The Morgan fingerprint density at radius 2 is 1.03 bits per heavy atom. The van der Waals surface area contributed by atoms with E-state index < -0.39 is 186 Å². The van der Waals surface area contributed by atoms with Gasteiger partial charge in [-0.25, -0.2) is 9.59 Å². The molecule has 29 nitrogen and oxygen atoms in total. The number of nitrogens with one attached hydrogen (secondary N) is 5. The van der Waals surface area contributed by atoms with Crippen molar-refractivity contribution in [3.05, 3.63) is 12.2 Å². The van der Waals surface area contributed by atoms with Crippen LogP contribution in [0, 0.1) is 41.4 Å². The van der Waals surface area contributed by atoms with Gasteiger partial charge in [-0.15, -0.1) is 0 Å². The molecule has 1 heterocycles. The highest BCUT2D eigenvalue weighted by Gasteiger charge is 2.46. The number of hydrogen-bond donors (Lipinski definition) is 6. The van der Waals surface area contributed by atoms with Gasteiger partial charge in [0, 0.05) is 55.9 Å². The third-order valence-corrected chi connectivity index (χ3v) is 18.5. The number of allylic oxidation sites excluding steroid dienone is 2. The Labute approximate surface area is 614 Å². The van der Waals surface area contributed by atoms with Crippen molar-refractivity contribution in [3.8, 4) is 0 Å². The molecule has 1 aliphatic heterocycles. The Balaban J connectivity index is 4.30. The molecule has 0 aliphatic carbocycles. The van der Waals surface area contributed by atoms with Gasteiger partial charge in [-0.2, -0.15) is 0 Å². The maximum absolute atomic E-state index is 15.3. The molecule has 29 heteroatoms. The maximum atomic E-state index is 15.3. The summed E-state index contributed by atoms with van der Waals surface area (Å²) in [6, 6.07) is -14.4. The van der Waals surface area contributed by atoms with Gasteiger partial charge in [0.2, 0.25) is 65.0 Å². The fourth-order valence-corrected chi connectivity index (χ4v) is 12.2. The van der Waals surface area contributed by atoms with Gasteiger partial charge in [-0.3, -0.25) is 52.7 Å². The van der Waals surface area contributed by atoms with Gasteiger partial charge in [-0.05, 0) is 135 Å². The van der Waals surface area contributed by atoms with Crippen LogP contribution in [0.25, 0.3) is 0 Å². The second-order valence-corrected chi connectivity index (χ2v) is 31.2. The molecule has 0 aromatic rings. The Morgan fingerprint density at radius 1 is 0.553 bits per heavy atom. The summed E-state index contributed by atoms with van der Waals surface area (Å²) in [5, 5.41) is 25.7. The van der Waals surface area contributed by atoms with Gasteiger partial charge in [0.25, 0.3) is 0 Å². The van der Waals surface area contributed by atoms with E-state index in [-0.39, 0.29) is 81.8 Å². The van der Waals surface area contributed by atoms with E-state index in [0.29, 0.717) is 0 Å². The molecule has 0 aromatic heterocycles. The Bertz CT molecular complexity index is 2880. The lowest BCUT2D eigenvalue weighted by Crippen LogP contribution is -2.63. The van der Waals surface area contributed by atoms with Crippen molar-refractivity contribution in [2.45, 2.75) is 275 Å². The van der Waals surface area contributed by atoms with E-state index in [0.717, 1.165) is 14.7 Å². The van der Waals surface area contributed by atoms with Crippen molar-refractivity contribution in [1.29, 1.82) is 0 Å². The Hall–Kier alpha value is -7.43. The molecule has 0 radical (unpaired) electrons. The van der Waals surface area contributed by atoms with Gasteiger partial charge in [0.05, 0.1) is 25.4 Å². The summed E-state index contributed by atoms with van der Waals surface area (Å²) in [7, 11) is 9.64. The number of aliphatic hydroxyl groups is 1. The van der Waals surface area contributed by atoms with Gasteiger partial charge >= 0.3 is 12.1 Å². The van der Waals surface area contributed by atoms with Gasteiger partial charge < -0.3 is 80.2 Å². The van der Waals surface area contributed by atoms with Crippen LogP contribution in [0.3, 0.4) is 0 Å². The minimum atomic E-state index is -1.67. The molecule has 0 aromatic carbocycles. The standard InChI is InChI=1S/C74H132N12O17/c1-29-31-34-47(15)61(88)60-65(92)77-51(30-2)67(94)80(22)40-55(87)84(26)59(50(18)101-35-32-33-36-102-72(99)57(45(11)12)79-73(100)103-74(19,20)21)64(91)78-56(44(9)10)70(97)81(23)52(37-41(3)4)63(90)75-48(16)62(89)76-49(17)66(93)82(24)53(38-42(5)6)68(95)83(25)54(39-43(7)8)69(96)85(27)58(46(13)14)71(98)86(60)28/h29,31,41-54,56-61,88H,30,32-40H2,1-28H3,(H,75,90)(H,76,89)(H,77,92)(H,78,91)(H,79,100)/b31-29+/t47-,48+,49-,50-,51+,52+,53+,54-,56+,57-,58+,59+,60+,61-/m1/s1. The van der Waals surface area contributed by atoms with Crippen LogP contribution in [0.15, 0.2) is 12.2 Å². The molecule has 0 unspecified atom stereocenters. The smallest absolute Gasteiger partial charge is 0.408 e. The molecule has 12 amide bonds. The minimum absolute atomic E-state index is 0.0395. The molecule has 1 fully saturated rings. The van der Waals surface area contributed by atoms with E-state index in [1.165, 1.54) is 89.7 Å². The van der Waals surface area contributed by atoms with Crippen molar-refractivity contribution < 1.29 is 81.6 Å². The second-order valence-electron chi connectivity index (χ2n) is 31.2. The molecule has 1 saturated heterocycles. The Morgan fingerprint density at radius 3 is 1.51 bits per heavy atom. The van der Waals surface area contributed by atoms with Crippen molar-refractivity contribution >= 4 is 77.0 Å². The predicted octanol–water partition coefficient (Wildman–Crippen LogP) is 4.50. The highest BCUT2D eigenvalue weighted by molar-refractivity contribution is 6.00. The van der Waals surface area contributed by atoms with Crippen LogP contribution in [-0.4, -0.2) is 270 Å². The number of unbranched alkanes of at least 4 members (excludes halogenated alkanes) is 1. The van der Waals surface area contributed by atoms with E-state index in [4.69, 9.17) is 14.2 Å². The summed E-state index contributed by atoms with van der Waals surface area (Å²) in [5.74, 6) is -11.8. The molecule has 0 saturated carbocycles. The summed E-state index contributed by atoms with van der Waals surface area (Å²) in [6.07, 6.45) is 1.16. The number of hydrogen-bond acceptors (Lipinski definition) is 17. The van der Waals surface area contributed by atoms with Gasteiger partial charge in [-0.1, -0.05) is 109 Å². The van der Waals surface area contributed by atoms with Crippen molar-refractivity contribution in [2.24, 2.45) is 41.4 Å². The van der Waals surface area contributed by atoms with Crippen molar-refractivity contribution in [2.75, 3.05) is 69.1 Å². The fourth-order valence-electron chi connectivity index (χ4n) is 12.2. The SMILES string of the molecule is C/C=C/C[C@@H](C)[C@@H](O)[C@H]1C(=O)N[C@@H](CC)C(=O)N(C)CC(=O)N(C)[C@@H]([C@@H](C)OCCCCOC(=O)[C@H](NC(=O)OC(C)(C)C)C(C)C)C(=O)N[C@@H](C(C)C)C(=O)N(C)[C@@H](CC(C)C)C(=O)N[C@@H](C)C(=O)N[C@H](C)C(=O)N(C)[C@@H](CC(C)C)C(=O)N(C)[C@H](CC(C)C)C(=O)N(C)[C@@H](C(C)C)C(=O)N1C. The highest BCUT2D eigenvalue weighted by atomic mass is 16.6. The number of amides is 12. The molecule has 14 atom stereocenters. The van der Waals surface area contributed by atoms with Crippen LogP contribution in [0.2, 0.25) is 0 Å². The monoisotopic (exact) mass is 1460 g/mol. The zero-order valence-corrected chi connectivity index (χ0v) is 67.4. The maximum Gasteiger partial charge on any atom is 0.408 e. The number of rotatable bonds is 23. The average Bonchev–Trinajstić information content (AvgIpc) is 0.807. The number of alkyl carbamates (subject to hydrolysis) is 1. The lowest BCUT2D eigenvalue weighted by Gasteiger charge is -2.41. The van der Waals surface area contributed by atoms with Gasteiger partial charge in [0.15, 0.2) is 0 Å². The summed E-state index contributed by atoms with van der Waals surface area (Å²) in [4.78, 5) is 197. The number of likely N-dealkylation sites (N-methyl/N-ethyl adjacent to an activating group) is 7. The highest BCUT2D eigenvalue weighted by Crippen LogP contribution is 2.26. The van der Waals surface area contributed by atoms with Gasteiger partial charge in [0.1, 0.15) is 72.1 Å². The van der Waals surface area contributed by atoms with Crippen LogP contribution in [0.1, 0.15) is 190 Å². The molecule has 1 aliphatic rings. The predicted molar refractivity (Wildman–Crippen MR) is 393 cm³/mol. The first kappa shape index (κ1) is 93.6. The zero-order valence-electron chi connectivity index (χ0n) is 67.4. The van der Waals surface area contributed by atoms with Crippen LogP contribution in [0.4, 0.5) is 4.79 Å². The van der Waals surface area contributed by atoms with E-state index in [2.05, 4.69) is 26.6 Å². The van der Waals surface area contributed by atoms with E-state index >= 15 is 24.0 Å². The first-order chi connectivity index (χ1) is 47.5. The fraction of sp³-hybridized carbons (Fsp3) is 0.797. The summed E-state index contributed by atoms with van der Waals surface area (Å²) in [5.41, 5.74) is -0.813. The van der Waals surface area contributed by atoms with E-state index in [1.807, 2.05) is 41.5 Å². The second kappa shape index (κ2) is 43.1. The summed E-state index contributed by atoms with van der Waals surface area (Å²) in [6.45, 7) is 35.0. The number of carbonyl (C=O) groups is 13. The molecule has 1 rings (SSSR count). The number of ether oxygens (including phenoxy) is 3. The van der Waals surface area contributed by atoms with Crippen LogP contribution in [-0.2, 0) is 71.7 Å². The zero-order chi connectivity index (χ0) is 79.7. The third-order valence-electron chi connectivity index (χ3n) is 18.5. The lowest BCUT2D eigenvalue weighted by atomic mass is 9.91. The Kier molecular flexibility index (Phi) is 39.2. The topological polar surface area (TPSA) is 353 Å². The average molecular weight is 1460 g/mol. The first-order valence-electron chi connectivity index (χ1n) is 36.7. The summed E-state index contributed by atoms with van der Waals surface area (Å²) >= 11 is 0. The van der Waals surface area contributed by atoms with Crippen molar-refractivity contribution in [3.63, 3.8) is 0 Å². The molecule has 103 heavy (non-hydrogen) atoms. The number of aliphatic hydroxyl groups excluding tert-OH is 1. The summed E-state index contributed by atoms with van der Waals surface area (Å²) < 4.78 is 17.1. The normalized spacial score (nSPS) is 24.9. The van der Waals surface area contributed by atoms with Crippen molar-refractivity contribution in [1.82, 2.24) is 60.9 Å².